The third-order valence-corrected chi connectivity index (χ3v) is 3.21. The number of rotatable bonds is 2. The molecule has 3 aromatic rings. The minimum Gasteiger partial charge on any atom is -0.256 e. The number of benzene rings is 1. The number of para-hydroxylation sites is 1. The molecule has 0 radical (unpaired) electrons. The maximum absolute atomic E-state index is 4.63. The average Bonchev–Trinajstić information content (AvgIpc) is 2.76. The molecule has 0 saturated heterocycles. The largest absolute Gasteiger partial charge is 0.256 e. The molecule has 3 heteroatoms. The van der Waals surface area contributed by atoms with Crippen LogP contribution < -0.4 is 0 Å². The molecule has 0 unspecified atom stereocenters. The Hall–Kier alpha value is -2.42. The highest BCUT2D eigenvalue weighted by atomic mass is 15.3. The number of pyridine rings is 1. The van der Waals surface area contributed by atoms with E-state index < -0.39 is 0 Å². The molecule has 1 aromatic carbocycles. The molecule has 0 atom stereocenters. The summed E-state index contributed by atoms with van der Waals surface area (Å²) in [5, 5.41) is 4.63. The maximum atomic E-state index is 4.63. The van der Waals surface area contributed by atoms with Crippen molar-refractivity contribution in [2.45, 2.75) is 13.8 Å². The summed E-state index contributed by atoms with van der Waals surface area (Å²) in [6.07, 6.45) is 1.81. The van der Waals surface area contributed by atoms with Crippen molar-refractivity contribution in [3.8, 4) is 16.9 Å². The van der Waals surface area contributed by atoms with Gasteiger partial charge >= 0.3 is 0 Å². The number of hydrogen-bond acceptors (Lipinski definition) is 2. The fourth-order valence-corrected chi connectivity index (χ4v) is 2.34. The molecule has 3 nitrogen and oxygen atoms in total. The first-order valence-corrected chi connectivity index (χ1v) is 6.30. The summed E-state index contributed by atoms with van der Waals surface area (Å²) in [7, 11) is 0. The van der Waals surface area contributed by atoms with Gasteiger partial charge in [-0.3, -0.25) is 4.98 Å². The van der Waals surface area contributed by atoms with E-state index in [-0.39, 0.29) is 0 Å². The number of aryl methyl sites for hydroxylation is 1. The van der Waals surface area contributed by atoms with Gasteiger partial charge in [-0.25, -0.2) is 4.68 Å². The van der Waals surface area contributed by atoms with Crippen molar-refractivity contribution in [2.75, 3.05) is 0 Å². The minimum atomic E-state index is 0.972. The number of hydrogen-bond donors (Lipinski definition) is 0. The van der Waals surface area contributed by atoms with Crippen LogP contribution in [0.1, 0.15) is 11.4 Å². The Morgan fingerprint density at radius 1 is 0.895 bits per heavy atom. The van der Waals surface area contributed by atoms with Crippen LogP contribution in [0.5, 0.6) is 0 Å². The van der Waals surface area contributed by atoms with Crippen LogP contribution in [-0.2, 0) is 0 Å². The van der Waals surface area contributed by atoms with E-state index in [1.54, 1.807) is 0 Å². The third kappa shape index (κ3) is 2.03. The molecule has 2 heterocycles. The lowest BCUT2D eigenvalue weighted by Crippen LogP contribution is -1.98. The summed E-state index contributed by atoms with van der Waals surface area (Å²) in [5.74, 6) is 0. The van der Waals surface area contributed by atoms with Crippen LogP contribution in [0.2, 0.25) is 0 Å². The van der Waals surface area contributed by atoms with Crippen molar-refractivity contribution in [3.63, 3.8) is 0 Å². The highest BCUT2D eigenvalue weighted by Gasteiger charge is 2.14. The predicted molar refractivity (Wildman–Crippen MR) is 76.3 cm³/mol. The van der Waals surface area contributed by atoms with Crippen molar-refractivity contribution in [1.29, 1.82) is 0 Å². The Morgan fingerprint density at radius 3 is 2.32 bits per heavy atom. The van der Waals surface area contributed by atoms with E-state index >= 15 is 0 Å². The lowest BCUT2D eigenvalue weighted by Gasteiger charge is -2.04. The summed E-state index contributed by atoms with van der Waals surface area (Å²) in [6.45, 7) is 4.10. The van der Waals surface area contributed by atoms with Crippen molar-refractivity contribution in [2.24, 2.45) is 0 Å². The topological polar surface area (TPSA) is 30.7 Å². The molecule has 0 aliphatic rings. The Morgan fingerprint density at radius 2 is 1.63 bits per heavy atom. The minimum absolute atomic E-state index is 0.972. The zero-order valence-electron chi connectivity index (χ0n) is 11.0. The Balaban J connectivity index is 2.17. The monoisotopic (exact) mass is 249 g/mol. The first kappa shape index (κ1) is 11.7. The third-order valence-electron chi connectivity index (χ3n) is 3.21. The highest BCUT2D eigenvalue weighted by Crippen LogP contribution is 2.26. The normalized spacial score (nSPS) is 10.6. The highest BCUT2D eigenvalue weighted by molar-refractivity contribution is 5.65. The van der Waals surface area contributed by atoms with Gasteiger partial charge in [0.05, 0.1) is 22.8 Å². The molecule has 0 fully saturated rings. The molecule has 19 heavy (non-hydrogen) atoms. The Kier molecular flexibility index (Phi) is 2.88. The van der Waals surface area contributed by atoms with Gasteiger partial charge < -0.3 is 0 Å². The molecule has 0 bridgehead atoms. The molecule has 0 saturated carbocycles. The van der Waals surface area contributed by atoms with Crippen LogP contribution in [0.3, 0.4) is 0 Å². The first-order valence-electron chi connectivity index (χ1n) is 6.30. The first-order chi connectivity index (χ1) is 9.27. The van der Waals surface area contributed by atoms with E-state index in [1.807, 2.05) is 54.2 Å². The zero-order chi connectivity index (χ0) is 13.2. The van der Waals surface area contributed by atoms with Gasteiger partial charge in [-0.05, 0) is 38.1 Å². The van der Waals surface area contributed by atoms with Crippen molar-refractivity contribution < 1.29 is 0 Å². The molecule has 0 N–H and O–H groups in total. The second-order valence-electron chi connectivity index (χ2n) is 4.51. The molecule has 94 valence electrons. The molecule has 0 aliphatic carbocycles. The van der Waals surface area contributed by atoms with Crippen LogP contribution in [0.4, 0.5) is 0 Å². The number of nitrogens with zero attached hydrogens (tertiary/aromatic N) is 3. The van der Waals surface area contributed by atoms with Gasteiger partial charge in [-0.2, -0.15) is 5.10 Å². The van der Waals surface area contributed by atoms with Crippen molar-refractivity contribution in [1.82, 2.24) is 14.8 Å². The lowest BCUT2D eigenvalue weighted by atomic mass is 10.1. The van der Waals surface area contributed by atoms with Crippen LogP contribution in [0.25, 0.3) is 16.9 Å². The van der Waals surface area contributed by atoms with E-state index in [4.69, 9.17) is 0 Å². The van der Waals surface area contributed by atoms with E-state index in [0.717, 1.165) is 28.3 Å². The predicted octanol–water partition coefficient (Wildman–Crippen LogP) is 3.55. The summed E-state index contributed by atoms with van der Waals surface area (Å²) in [5.41, 5.74) is 5.27. The van der Waals surface area contributed by atoms with Crippen LogP contribution in [0.15, 0.2) is 54.7 Å². The van der Waals surface area contributed by atoms with Crippen LogP contribution in [-0.4, -0.2) is 14.8 Å². The second-order valence-corrected chi connectivity index (χ2v) is 4.51. The maximum Gasteiger partial charge on any atom is 0.0739 e. The molecule has 2 aromatic heterocycles. The smallest absolute Gasteiger partial charge is 0.0739 e. The van der Waals surface area contributed by atoms with Gasteiger partial charge in [0.15, 0.2) is 0 Å². The fourth-order valence-electron chi connectivity index (χ4n) is 2.34. The van der Waals surface area contributed by atoms with Crippen molar-refractivity contribution >= 4 is 0 Å². The van der Waals surface area contributed by atoms with Crippen LogP contribution >= 0.6 is 0 Å². The Bertz CT molecular complexity index is 685. The van der Waals surface area contributed by atoms with Gasteiger partial charge in [0.1, 0.15) is 0 Å². The van der Waals surface area contributed by atoms with Crippen molar-refractivity contribution in [3.05, 3.63) is 66.1 Å². The average molecular weight is 249 g/mol. The zero-order valence-corrected chi connectivity index (χ0v) is 11.0. The molecular weight excluding hydrogens is 234 g/mol. The summed E-state index contributed by atoms with van der Waals surface area (Å²) >= 11 is 0. The van der Waals surface area contributed by atoms with Gasteiger partial charge in [0, 0.05) is 11.8 Å². The van der Waals surface area contributed by atoms with E-state index in [9.17, 15) is 0 Å². The molecule has 3 rings (SSSR count). The molecule has 0 spiro atoms. The molecular formula is C16H15N3. The SMILES string of the molecule is Cc1nn(-c2ccccc2)c(C)c1-c1ccccn1. The molecule has 0 aliphatic heterocycles. The molecule has 0 amide bonds. The van der Waals surface area contributed by atoms with Gasteiger partial charge in [0.2, 0.25) is 0 Å². The summed E-state index contributed by atoms with van der Waals surface area (Å²) in [4.78, 5) is 4.42. The van der Waals surface area contributed by atoms with E-state index in [2.05, 4.69) is 29.1 Å². The number of aromatic nitrogens is 3. The van der Waals surface area contributed by atoms with Gasteiger partial charge in [0.25, 0.3) is 0 Å². The quantitative estimate of drug-likeness (QED) is 0.695. The summed E-state index contributed by atoms with van der Waals surface area (Å²) < 4.78 is 1.97. The summed E-state index contributed by atoms with van der Waals surface area (Å²) in [6, 6.07) is 16.1. The Labute approximate surface area is 112 Å². The van der Waals surface area contributed by atoms with E-state index in [0.29, 0.717) is 0 Å². The lowest BCUT2D eigenvalue weighted by molar-refractivity contribution is 0.834. The van der Waals surface area contributed by atoms with Gasteiger partial charge in [-0.15, -0.1) is 0 Å². The van der Waals surface area contributed by atoms with Gasteiger partial charge in [-0.1, -0.05) is 24.3 Å². The van der Waals surface area contributed by atoms with Crippen LogP contribution in [0, 0.1) is 13.8 Å². The van der Waals surface area contributed by atoms with E-state index in [1.165, 1.54) is 0 Å². The fraction of sp³-hybridized carbons (Fsp3) is 0.125. The second kappa shape index (κ2) is 4.69. The standard InChI is InChI=1S/C16H15N3/c1-12-16(15-10-6-7-11-17-15)13(2)19(18-12)14-8-4-3-5-9-14/h3-11H,1-2H3.